The maximum absolute atomic E-state index is 12.4. The standard InChI is InChI=1S/C14H20N4O2/c1-9-5-6-11(10(2)16-9)12(19)17-14(13(15)18-20)7-3-4-8-14/h5-6,20H,3-4,7-8H2,1-2H3,(H2,15,18)(H,17,19). The Hall–Kier alpha value is -2.11. The van der Waals surface area contributed by atoms with Gasteiger partial charge >= 0.3 is 0 Å². The number of oxime groups is 1. The fourth-order valence-electron chi connectivity index (χ4n) is 2.73. The van der Waals surface area contributed by atoms with E-state index < -0.39 is 5.54 Å². The zero-order valence-corrected chi connectivity index (χ0v) is 11.8. The Morgan fingerprint density at radius 2 is 2.05 bits per heavy atom. The highest BCUT2D eigenvalue weighted by Gasteiger charge is 2.40. The number of nitrogens with two attached hydrogens (primary N) is 1. The van der Waals surface area contributed by atoms with Gasteiger partial charge in [-0.25, -0.2) is 0 Å². The number of aryl methyl sites for hydroxylation is 2. The lowest BCUT2D eigenvalue weighted by atomic mass is 9.95. The first-order valence-electron chi connectivity index (χ1n) is 6.73. The molecule has 0 unspecified atom stereocenters. The Kier molecular flexibility index (Phi) is 3.92. The third-order valence-electron chi connectivity index (χ3n) is 3.88. The van der Waals surface area contributed by atoms with Gasteiger partial charge in [-0.15, -0.1) is 0 Å². The predicted molar refractivity (Wildman–Crippen MR) is 75.8 cm³/mol. The van der Waals surface area contributed by atoms with E-state index in [1.165, 1.54) is 0 Å². The molecule has 6 nitrogen and oxygen atoms in total. The lowest BCUT2D eigenvalue weighted by molar-refractivity contribution is 0.0921. The van der Waals surface area contributed by atoms with Crippen molar-refractivity contribution >= 4 is 11.7 Å². The van der Waals surface area contributed by atoms with E-state index >= 15 is 0 Å². The number of carbonyl (C=O) groups excluding carboxylic acids is 1. The first kappa shape index (κ1) is 14.3. The normalized spacial score (nSPS) is 18.0. The molecule has 1 fully saturated rings. The van der Waals surface area contributed by atoms with Crippen molar-refractivity contribution in [2.24, 2.45) is 10.9 Å². The third-order valence-corrected chi connectivity index (χ3v) is 3.88. The van der Waals surface area contributed by atoms with Gasteiger partial charge in [0.05, 0.1) is 11.3 Å². The Balaban J connectivity index is 2.25. The number of nitrogens with one attached hydrogen (secondary N) is 1. The molecule has 1 aromatic heterocycles. The summed E-state index contributed by atoms with van der Waals surface area (Å²) >= 11 is 0. The summed E-state index contributed by atoms with van der Waals surface area (Å²) in [7, 11) is 0. The van der Waals surface area contributed by atoms with Crippen molar-refractivity contribution in [3.63, 3.8) is 0 Å². The van der Waals surface area contributed by atoms with Crippen LogP contribution in [0.4, 0.5) is 0 Å². The lowest BCUT2D eigenvalue weighted by Gasteiger charge is -2.29. The molecule has 2 rings (SSSR count). The minimum atomic E-state index is -0.733. The summed E-state index contributed by atoms with van der Waals surface area (Å²) < 4.78 is 0. The molecule has 0 radical (unpaired) electrons. The highest BCUT2D eigenvalue weighted by Crippen LogP contribution is 2.30. The van der Waals surface area contributed by atoms with Gasteiger partial charge in [-0.3, -0.25) is 9.78 Å². The molecule has 0 spiro atoms. The highest BCUT2D eigenvalue weighted by atomic mass is 16.4. The van der Waals surface area contributed by atoms with Gasteiger partial charge in [-0.2, -0.15) is 0 Å². The molecule has 0 bridgehead atoms. The second-order valence-electron chi connectivity index (χ2n) is 5.31. The average molecular weight is 276 g/mol. The summed E-state index contributed by atoms with van der Waals surface area (Å²) in [6.07, 6.45) is 3.27. The van der Waals surface area contributed by atoms with Crippen LogP contribution in [0.5, 0.6) is 0 Å². The van der Waals surface area contributed by atoms with Gasteiger partial charge in [0.15, 0.2) is 5.84 Å². The molecule has 1 aromatic rings. The number of hydrogen-bond acceptors (Lipinski definition) is 4. The first-order chi connectivity index (χ1) is 9.48. The number of nitrogens with zero attached hydrogens (tertiary/aromatic N) is 2. The summed E-state index contributed by atoms with van der Waals surface area (Å²) in [6, 6.07) is 3.55. The van der Waals surface area contributed by atoms with E-state index in [1.54, 1.807) is 19.1 Å². The molecule has 0 atom stereocenters. The van der Waals surface area contributed by atoms with Crippen molar-refractivity contribution in [2.75, 3.05) is 0 Å². The van der Waals surface area contributed by atoms with E-state index in [-0.39, 0.29) is 11.7 Å². The predicted octanol–water partition coefficient (Wildman–Crippen LogP) is 1.49. The number of carbonyl (C=O) groups is 1. The summed E-state index contributed by atoms with van der Waals surface area (Å²) in [5, 5.41) is 14.9. The van der Waals surface area contributed by atoms with Crippen LogP contribution in [-0.2, 0) is 0 Å². The van der Waals surface area contributed by atoms with Crippen LogP contribution in [0.1, 0.15) is 47.4 Å². The number of amidine groups is 1. The Labute approximate surface area is 118 Å². The van der Waals surface area contributed by atoms with Crippen molar-refractivity contribution in [1.29, 1.82) is 0 Å². The second-order valence-corrected chi connectivity index (χ2v) is 5.31. The molecule has 1 aliphatic carbocycles. The Morgan fingerprint density at radius 3 is 2.60 bits per heavy atom. The van der Waals surface area contributed by atoms with Crippen LogP contribution in [0.25, 0.3) is 0 Å². The fraction of sp³-hybridized carbons (Fsp3) is 0.500. The minimum absolute atomic E-state index is 0.0704. The van der Waals surface area contributed by atoms with Gasteiger partial charge in [0, 0.05) is 5.69 Å². The zero-order valence-electron chi connectivity index (χ0n) is 11.8. The van der Waals surface area contributed by atoms with Crippen LogP contribution in [0.2, 0.25) is 0 Å². The first-order valence-corrected chi connectivity index (χ1v) is 6.73. The van der Waals surface area contributed by atoms with Crippen LogP contribution >= 0.6 is 0 Å². The summed E-state index contributed by atoms with van der Waals surface area (Å²) in [5.41, 5.74) is 7.10. The third kappa shape index (κ3) is 2.59. The molecule has 6 heteroatoms. The molecule has 1 saturated carbocycles. The summed E-state index contributed by atoms with van der Waals surface area (Å²) in [6.45, 7) is 3.68. The van der Waals surface area contributed by atoms with Crippen molar-refractivity contribution in [3.8, 4) is 0 Å². The van der Waals surface area contributed by atoms with Crippen molar-refractivity contribution < 1.29 is 10.0 Å². The molecule has 1 heterocycles. The smallest absolute Gasteiger partial charge is 0.253 e. The molecule has 108 valence electrons. The number of pyridine rings is 1. The Bertz CT molecular complexity index is 548. The Morgan fingerprint density at radius 1 is 1.40 bits per heavy atom. The molecule has 0 aliphatic heterocycles. The second kappa shape index (κ2) is 5.48. The van der Waals surface area contributed by atoms with E-state index in [9.17, 15) is 4.79 Å². The van der Waals surface area contributed by atoms with Gasteiger partial charge in [-0.05, 0) is 38.8 Å². The molecular weight excluding hydrogens is 256 g/mol. The van der Waals surface area contributed by atoms with E-state index in [0.29, 0.717) is 24.1 Å². The molecule has 1 aliphatic rings. The van der Waals surface area contributed by atoms with Crippen molar-refractivity contribution in [2.45, 2.75) is 45.1 Å². The lowest BCUT2D eigenvalue weighted by Crippen LogP contribution is -2.55. The SMILES string of the molecule is Cc1ccc(C(=O)NC2(C(N)=NO)CCCC2)c(C)n1. The number of aromatic nitrogens is 1. The summed E-state index contributed by atoms with van der Waals surface area (Å²) in [5.74, 6) is -0.162. The van der Waals surface area contributed by atoms with Crippen LogP contribution < -0.4 is 11.1 Å². The van der Waals surface area contributed by atoms with Crippen LogP contribution in [0.15, 0.2) is 17.3 Å². The van der Waals surface area contributed by atoms with Gasteiger partial charge in [0.1, 0.15) is 5.54 Å². The van der Waals surface area contributed by atoms with Crippen LogP contribution in [0.3, 0.4) is 0 Å². The number of amides is 1. The molecule has 0 saturated heterocycles. The van der Waals surface area contributed by atoms with Gasteiger partial charge in [0.2, 0.25) is 0 Å². The number of hydrogen-bond donors (Lipinski definition) is 3. The maximum Gasteiger partial charge on any atom is 0.253 e. The molecule has 20 heavy (non-hydrogen) atoms. The topological polar surface area (TPSA) is 101 Å². The zero-order chi connectivity index (χ0) is 14.8. The number of rotatable bonds is 3. The van der Waals surface area contributed by atoms with Gasteiger partial charge in [-0.1, -0.05) is 18.0 Å². The maximum atomic E-state index is 12.4. The molecule has 4 N–H and O–H groups in total. The van der Waals surface area contributed by atoms with E-state index in [1.807, 2.05) is 6.92 Å². The monoisotopic (exact) mass is 276 g/mol. The fourth-order valence-corrected chi connectivity index (χ4v) is 2.73. The average Bonchev–Trinajstić information content (AvgIpc) is 2.87. The van der Waals surface area contributed by atoms with Crippen molar-refractivity contribution in [3.05, 3.63) is 29.1 Å². The quantitative estimate of drug-likeness (QED) is 0.337. The van der Waals surface area contributed by atoms with Gasteiger partial charge in [0.25, 0.3) is 5.91 Å². The van der Waals surface area contributed by atoms with E-state index in [0.717, 1.165) is 18.5 Å². The van der Waals surface area contributed by atoms with Crippen molar-refractivity contribution in [1.82, 2.24) is 10.3 Å². The largest absolute Gasteiger partial charge is 0.409 e. The van der Waals surface area contributed by atoms with Gasteiger partial charge < -0.3 is 16.3 Å². The molecule has 0 aromatic carbocycles. The van der Waals surface area contributed by atoms with E-state index in [2.05, 4.69) is 15.5 Å². The molecular formula is C14H20N4O2. The molecule has 1 amide bonds. The van der Waals surface area contributed by atoms with Crippen LogP contribution in [0, 0.1) is 13.8 Å². The van der Waals surface area contributed by atoms with Crippen LogP contribution in [-0.4, -0.2) is 27.5 Å². The van der Waals surface area contributed by atoms with E-state index in [4.69, 9.17) is 10.9 Å². The minimum Gasteiger partial charge on any atom is -0.409 e. The highest BCUT2D eigenvalue weighted by molar-refractivity contribution is 6.01. The summed E-state index contributed by atoms with van der Waals surface area (Å²) in [4.78, 5) is 16.7.